The Hall–Kier alpha value is -10.9. The minimum Gasteiger partial charge on any atom is -0.456 e. The summed E-state index contributed by atoms with van der Waals surface area (Å²) in [5, 5.41) is 38.0. The molecule has 11 heteroatoms. The topological polar surface area (TPSA) is 175 Å². The minimum absolute atomic E-state index is 0.296. The maximum absolute atomic E-state index is 11.6. The molecule has 0 fully saturated rings. The first-order chi connectivity index (χ1) is 37.5. The monoisotopic (exact) mass is 971 g/mol. The Bertz CT molecular complexity index is 4500. The number of aromatic nitrogens is 6. The Labute approximate surface area is 433 Å². The number of benzene rings is 9. The van der Waals surface area contributed by atoms with E-state index in [0.717, 1.165) is 66.1 Å². The van der Waals surface area contributed by atoms with Crippen molar-refractivity contribution in [3.8, 4) is 86.5 Å². The van der Waals surface area contributed by atoms with Crippen molar-refractivity contribution in [2.24, 2.45) is 0 Å². The summed E-state index contributed by atoms with van der Waals surface area (Å²) >= 11 is 0. The fraction of sp³-hybridized carbons (Fsp3) is 0.0308. The van der Waals surface area contributed by atoms with Gasteiger partial charge in [0.05, 0.1) is 22.8 Å². The van der Waals surface area contributed by atoms with Crippen LogP contribution in [0, 0.1) is 34.0 Å². The SMILES string of the molecule is N#Cc1cccc2c1C1c3c(ccc(-c4nc(-c5ccccc5)nc(-c5ccc6c(c5)oc5ccccc56)n4)c3C#N)C2c2ccc(-c3nc(-c4ccccc4)nc(-c4ccc5c(c4)oc4ccccc45)n3)c(C#N)c21. The third kappa shape index (κ3) is 6.39. The van der Waals surface area contributed by atoms with Gasteiger partial charge in [-0.25, -0.2) is 29.9 Å². The summed E-state index contributed by atoms with van der Waals surface area (Å²) in [5.41, 5.74) is 12.9. The molecule has 16 rings (SSSR count). The van der Waals surface area contributed by atoms with Gasteiger partial charge in [0.2, 0.25) is 0 Å². The molecule has 0 unspecified atom stereocenters. The van der Waals surface area contributed by atoms with Crippen LogP contribution in [0.5, 0.6) is 0 Å². The number of hydrogen-bond acceptors (Lipinski definition) is 11. The first-order valence-corrected chi connectivity index (χ1v) is 24.7. The predicted molar refractivity (Wildman–Crippen MR) is 289 cm³/mol. The van der Waals surface area contributed by atoms with Gasteiger partial charge >= 0.3 is 0 Å². The van der Waals surface area contributed by atoms with Gasteiger partial charge < -0.3 is 8.83 Å². The Morgan fingerprint density at radius 1 is 0.316 bits per heavy atom. The van der Waals surface area contributed by atoms with Crippen molar-refractivity contribution in [3.05, 3.63) is 238 Å². The van der Waals surface area contributed by atoms with Gasteiger partial charge in [0.15, 0.2) is 34.9 Å². The van der Waals surface area contributed by atoms with Crippen LogP contribution >= 0.6 is 0 Å². The highest BCUT2D eigenvalue weighted by Gasteiger charge is 2.46. The Balaban J connectivity index is 0.934. The van der Waals surface area contributed by atoms with E-state index in [1.165, 1.54) is 0 Å². The standard InChI is InChI=1S/C65H33N9O2/c66-32-39-16-11-19-46-55(39)59-57-47(28-26-44(49(57)33-67)64-71-60(35-12-3-1-4-13-35)69-62(73-64)37-22-24-42-40-17-7-9-20-51(40)75-53(42)30-37)56(46)48-29-27-45(50(34-68)58(48)59)65-72-61(36-14-5-2-6-15-36)70-63(74-65)38-23-25-43-41-18-8-10-21-52(41)76-54(43)31-38/h1-31,56,59H. The average molecular weight is 972 g/mol. The quantitative estimate of drug-likeness (QED) is 0.155. The van der Waals surface area contributed by atoms with Crippen molar-refractivity contribution < 1.29 is 8.83 Å². The number of para-hydroxylation sites is 2. The molecule has 0 saturated heterocycles. The van der Waals surface area contributed by atoms with Crippen LogP contribution in [0.4, 0.5) is 0 Å². The van der Waals surface area contributed by atoms with E-state index in [0.29, 0.717) is 96.2 Å². The minimum atomic E-state index is -0.721. The third-order valence-electron chi connectivity index (χ3n) is 14.9. The van der Waals surface area contributed by atoms with E-state index in [2.05, 4.69) is 18.2 Å². The zero-order valence-electron chi connectivity index (χ0n) is 39.9. The summed E-state index contributed by atoms with van der Waals surface area (Å²) in [7, 11) is 0. The lowest BCUT2D eigenvalue weighted by Gasteiger charge is -2.43. The number of hydrogen-bond donors (Lipinski definition) is 0. The van der Waals surface area contributed by atoms with Gasteiger partial charge in [0.25, 0.3) is 0 Å². The van der Waals surface area contributed by atoms with Crippen LogP contribution in [0.15, 0.2) is 197 Å². The van der Waals surface area contributed by atoms with Gasteiger partial charge in [-0.05, 0) is 88.0 Å². The number of fused-ring (bicyclic) bond motifs is 6. The molecule has 0 spiro atoms. The number of nitriles is 3. The van der Waals surface area contributed by atoms with Crippen LogP contribution in [0.3, 0.4) is 0 Å². The molecule has 76 heavy (non-hydrogen) atoms. The smallest absolute Gasteiger partial charge is 0.165 e. The zero-order valence-corrected chi connectivity index (χ0v) is 39.9. The van der Waals surface area contributed by atoms with Gasteiger partial charge in [-0.1, -0.05) is 133 Å². The average Bonchev–Trinajstić information content (AvgIpc) is 4.08. The molecule has 3 aliphatic carbocycles. The van der Waals surface area contributed by atoms with Gasteiger partial charge in [0.1, 0.15) is 34.5 Å². The molecule has 0 radical (unpaired) electrons. The Kier molecular flexibility index (Phi) is 9.31. The van der Waals surface area contributed by atoms with Crippen molar-refractivity contribution in [2.45, 2.75) is 11.8 Å². The molecular formula is C65H33N9O2. The van der Waals surface area contributed by atoms with Gasteiger partial charge in [-0.3, -0.25) is 0 Å². The molecule has 3 aliphatic rings. The fourth-order valence-corrected chi connectivity index (χ4v) is 11.6. The maximum atomic E-state index is 11.6. The summed E-state index contributed by atoms with van der Waals surface area (Å²) in [5.74, 6) is 1.10. The summed E-state index contributed by atoms with van der Waals surface area (Å²) in [6.07, 6.45) is 0. The van der Waals surface area contributed by atoms with E-state index in [1.54, 1.807) is 6.07 Å². The predicted octanol–water partition coefficient (Wildman–Crippen LogP) is 14.5. The van der Waals surface area contributed by atoms with Gasteiger partial charge in [0, 0.05) is 66.8 Å². The number of furan rings is 2. The summed E-state index contributed by atoms with van der Waals surface area (Å²) < 4.78 is 12.6. The lowest BCUT2D eigenvalue weighted by molar-refractivity contribution is 0.668. The molecule has 4 heterocycles. The van der Waals surface area contributed by atoms with Crippen LogP contribution in [-0.2, 0) is 0 Å². The molecule has 0 N–H and O–H groups in total. The summed E-state index contributed by atoms with van der Waals surface area (Å²) in [4.78, 5) is 30.5. The largest absolute Gasteiger partial charge is 0.456 e. The Morgan fingerprint density at radius 2 is 0.737 bits per heavy atom. The molecule has 0 atom stereocenters. The van der Waals surface area contributed by atoms with Crippen LogP contribution < -0.4 is 0 Å². The molecule has 11 nitrogen and oxygen atoms in total. The molecule has 350 valence electrons. The van der Waals surface area contributed by atoms with Crippen molar-refractivity contribution in [1.82, 2.24) is 29.9 Å². The first kappa shape index (κ1) is 42.7. The van der Waals surface area contributed by atoms with E-state index in [4.69, 9.17) is 38.7 Å². The zero-order chi connectivity index (χ0) is 50.6. The molecule has 9 aromatic carbocycles. The first-order valence-electron chi connectivity index (χ1n) is 24.7. The summed E-state index contributed by atoms with van der Waals surface area (Å²) in [6.45, 7) is 0. The lowest BCUT2D eigenvalue weighted by atomic mass is 9.58. The van der Waals surface area contributed by atoms with E-state index in [-0.39, 0.29) is 0 Å². The second-order valence-electron chi connectivity index (χ2n) is 19.0. The van der Waals surface area contributed by atoms with E-state index in [9.17, 15) is 15.8 Å². The van der Waals surface area contributed by atoms with Crippen molar-refractivity contribution in [1.29, 1.82) is 15.8 Å². The van der Waals surface area contributed by atoms with Crippen molar-refractivity contribution in [3.63, 3.8) is 0 Å². The second-order valence-corrected chi connectivity index (χ2v) is 19.0. The molecule has 0 saturated carbocycles. The summed E-state index contributed by atoms with van der Waals surface area (Å²) in [6, 6.07) is 68.4. The van der Waals surface area contributed by atoms with E-state index < -0.39 is 11.8 Å². The van der Waals surface area contributed by atoms with Crippen LogP contribution in [0.2, 0.25) is 0 Å². The normalized spacial score (nSPS) is 14.0. The van der Waals surface area contributed by atoms with Crippen molar-refractivity contribution >= 4 is 43.9 Å². The number of rotatable bonds is 6. The second kappa shape index (κ2) is 16.6. The van der Waals surface area contributed by atoms with Gasteiger partial charge in [-0.2, -0.15) is 15.8 Å². The molecular weight excluding hydrogens is 939 g/mol. The molecule has 0 amide bonds. The molecule has 2 bridgehead atoms. The number of nitrogens with zero attached hydrogens (tertiary/aromatic N) is 9. The third-order valence-corrected chi connectivity index (χ3v) is 14.9. The van der Waals surface area contributed by atoms with E-state index in [1.807, 2.05) is 182 Å². The Morgan fingerprint density at radius 3 is 1.21 bits per heavy atom. The van der Waals surface area contributed by atoms with E-state index >= 15 is 0 Å². The van der Waals surface area contributed by atoms with Crippen LogP contribution in [-0.4, -0.2) is 29.9 Å². The van der Waals surface area contributed by atoms with Gasteiger partial charge in [-0.15, -0.1) is 0 Å². The van der Waals surface area contributed by atoms with Crippen LogP contribution in [0.25, 0.3) is 112 Å². The highest BCUT2D eigenvalue weighted by Crippen LogP contribution is 2.59. The molecule has 4 aromatic heterocycles. The fourth-order valence-electron chi connectivity index (χ4n) is 11.6. The highest BCUT2D eigenvalue weighted by molar-refractivity contribution is 6.07. The highest BCUT2D eigenvalue weighted by atomic mass is 16.3. The van der Waals surface area contributed by atoms with Crippen LogP contribution in [0.1, 0.15) is 61.9 Å². The van der Waals surface area contributed by atoms with Crippen molar-refractivity contribution in [2.75, 3.05) is 0 Å². The molecule has 13 aromatic rings. The lowest BCUT2D eigenvalue weighted by Crippen LogP contribution is -2.30. The maximum Gasteiger partial charge on any atom is 0.165 e. The molecule has 0 aliphatic heterocycles.